The second kappa shape index (κ2) is 6.51. The molecule has 0 aliphatic heterocycles. The van der Waals surface area contributed by atoms with Crippen molar-refractivity contribution in [1.82, 2.24) is 9.88 Å². The summed E-state index contributed by atoms with van der Waals surface area (Å²) in [5.74, 6) is 0.780. The van der Waals surface area contributed by atoms with Crippen LogP contribution in [0.3, 0.4) is 0 Å². The fourth-order valence-corrected chi connectivity index (χ4v) is 1.78. The Hall–Kier alpha value is -1.20. The molecule has 4 nitrogen and oxygen atoms in total. The third kappa shape index (κ3) is 3.94. The van der Waals surface area contributed by atoms with Crippen LogP contribution in [0.15, 0.2) is 12.3 Å². The maximum Gasteiger partial charge on any atom is 0.136 e. The molecule has 0 radical (unpaired) electrons. The lowest BCUT2D eigenvalue weighted by Gasteiger charge is -2.16. The smallest absolute Gasteiger partial charge is 0.136 e. The summed E-state index contributed by atoms with van der Waals surface area (Å²) in [5, 5.41) is 3.28. The molecular formula is C12H20N4S. The van der Waals surface area contributed by atoms with Crippen LogP contribution < -0.4 is 11.1 Å². The molecule has 5 heteroatoms. The highest BCUT2D eigenvalue weighted by Crippen LogP contribution is 2.15. The zero-order valence-electron chi connectivity index (χ0n) is 10.7. The second-order valence-corrected chi connectivity index (χ2v) is 4.48. The maximum absolute atomic E-state index is 5.71. The van der Waals surface area contributed by atoms with Gasteiger partial charge >= 0.3 is 0 Å². The quantitative estimate of drug-likeness (QED) is 0.749. The number of nitrogens with zero attached hydrogens (tertiary/aromatic N) is 2. The molecule has 1 aromatic rings. The number of hydrogen-bond acceptors (Lipinski definition) is 4. The van der Waals surface area contributed by atoms with E-state index in [0.29, 0.717) is 4.99 Å². The summed E-state index contributed by atoms with van der Waals surface area (Å²) in [6, 6.07) is 1.91. The van der Waals surface area contributed by atoms with Crippen LogP contribution in [0.2, 0.25) is 0 Å². The molecule has 0 aliphatic rings. The van der Waals surface area contributed by atoms with Crippen molar-refractivity contribution in [3.8, 4) is 0 Å². The first-order valence-corrected chi connectivity index (χ1v) is 6.15. The third-order valence-corrected chi connectivity index (χ3v) is 2.94. The van der Waals surface area contributed by atoms with Crippen molar-refractivity contribution < 1.29 is 0 Å². The molecule has 0 bridgehead atoms. The number of pyridine rings is 1. The van der Waals surface area contributed by atoms with Gasteiger partial charge in [0.15, 0.2) is 0 Å². The predicted octanol–water partition coefficient (Wildman–Crippen LogP) is 1.39. The molecule has 1 heterocycles. The molecule has 0 unspecified atom stereocenters. The first-order valence-electron chi connectivity index (χ1n) is 5.74. The summed E-state index contributed by atoms with van der Waals surface area (Å²) >= 11 is 5.05. The number of nitrogens with two attached hydrogens (primary N) is 1. The van der Waals surface area contributed by atoms with E-state index in [1.165, 1.54) is 0 Å². The number of hydrogen-bond donors (Lipinski definition) is 2. The molecule has 0 spiro atoms. The minimum Gasteiger partial charge on any atom is -0.389 e. The minimum atomic E-state index is 0.391. The lowest BCUT2D eigenvalue weighted by atomic mass is 10.1. The number of likely N-dealkylation sites (N-methyl/N-ethyl adjacent to an activating group) is 1. The topological polar surface area (TPSA) is 54.2 Å². The summed E-state index contributed by atoms with van der Waals surface area (Å²) in [5.41, 5.74) is 7.62. The third-order valence-electron chi connectivity index (χ3n) is 2.73. The van der Waals surface area contributed by atoms with Crippen molar-refractivity contribution in [3.63, 3.8) is 0 Å². The van der Waals surface area contributed by atoms with E-state index in [0.717, 1.165) is 36.6 Å². The van der Waals surface area contributed by atoms with Crippen molar-refractivity contribution in [1.29, 1.82) is 0 Å². The van der Waals surface area contributed by atoms with Gasteiger partial charge in [-0.1, -0.05) is 19.1 Å². The Labute approximate surface area is 108 Å². The summed E-state index contributed by atoms with van der Waals surface area (Å²) in [7, 11) is 2.08. The number of thiocarbonyl (C=S) groups is 1. The number of anilines is 1. The molecular weight excluding hydrogens is 232 g/mol. The van der Waals surface area contributed by atoms with E-state index >= 15 is 0 Å². The molecule has 0 aromatic carbocycles. The van der Waals surface area contributed by atoms with Gasteiger partial charge < -0.3 is 16.0 Å². The van der Waals surface area contributed by atoms with Gasteiger partial charge in [0, 0.05) is 19.3 Å². The van der Waals surface area contributed by atoms with Gasteiger partial charge in [0.25, 0.3) is 0 Å². The highest BCUT2D eigenvalue weighted by molar-refractivity contribution is 7.80. The fraction of sp³-hybridized carbons (Fsp3) is 0.500. The zero-order chi connectivity index (χ0) is 12.8. The minimum absolute atomic E-state index is 0.391. The lowest BCUT2D eigenvalue weighted by molar-refractivity contribution is 0.367. The fourth-order valence-electron chi connectivity index (χ4n) is 1.53. The van der Waals surface area contributed by atoms with Gasteiger partial charge in [0.05, 0.1) is 5.56 Å². The Morgan fingerprint density at radius 1 is 1.59 bits per heavy atom. The van der Waals surface area contributed by atoms with Crippen molar-refractivity contribution in [2.45, 2.75) is 13.8 Å². The highest BCUT2D eigenvalue weighted by Gasteiger charge is 2.09. The van der Waals surface area contributed by atoms with Crippen LogP contribution >= 0.6 is 12.2 Å². The second-order valence-electron chi connectivity index (χ2n) is 4.04. The van der Waals surface area contributed by atoms with Gasteiger partial charge in [-0.25, -0.2) is 4.98 Å². The largest absolute Gasteiger partial charge is 0.389 e. The average Bonchev–Trinajstić information content (AvgIpc) is 2.28. The van der Waals surface area contributed by atoms with Crippen molar-refractivity contribution in [3.05, 3.63) is 23.4 Å². The van der Waals surface area contributed by atoms with Gasteiger partial charge in [-0.3, -0.25) is 0 Å². The number of rotatable bonds is 6. The summed E-state index contributed by atoms with van der Waals surface area (Å²) in [4.78, 5) is 6.90. The van der Waals surface area contributed by atoms with E-state index in [4.69, 9.17) is 18.0 Å². The van der Waals surface area contributed by atoms with Crippen LogP contribution in [0, 0.1) is 6.92 Å². The van der Waals surface area contributed by atoms with Gasteiger partial charge in [0.1, 0.15) is 10.8 Å². The van der Waals surface area contributed by atoms with E-state index in [-0.39, 0.29) is 0 Å². The summed E-state index contributed by atoms with van der Waals surface area (Å²) in [6.07, 6.45) is 1.77. The normalized spacial score (nSPS) is 10.6. The van der Waals surface area contributed by atoms with Crippen molar-refractivity contribution >= 4 is 23.0 Å². The van der Waals surface area contributed by atoms with Crippen LogP contribution in [0.25, 0.3) is 0 Å². The number of aryl methyl sites for hydroxylation is 1. The van der Waals surface area contributed by atoms with E-state index in [1.807, 2.05) is 13.0 Å². The van der Waals surface area contributed by atoms with Crippen molar-refractivity contribution in [2.24, 2.45) is 5.73 Å². The molecule has 0 atom stereocenters. The summed E-state index contributed by atoms with van der Waals surface area (Å²) in [6.45, 7) is 6.94. The molecule has 1 aromatic heterocycles. The molecule has 0 amide bonds. The highest BCUT2D eigenvalue weighted by atomic mass is 32.1. The Balaban J connectivity index is 2.71. The Morgan fingerprint density at radius 3 is 2.88 bits per heavy atom. The molecule has 17 heavy (non-hydrogen) atoms. The Bertz CT molecular complexity index is 392. The molecule has 0 aliphatic carbocycles. The predicted molar refractivity (Wildman–Crippen MR) is 76.5 cm³/mol. The van der Waals surface area contributed by atoms with Crippen LogP contribution in [0.1, 0.15) is 18.1 Å². The number of nitrogens with one attached hydrogen (secondary N) is 1. The van der Waals surface area contributed by atoms with Gasteiger partial charge in [-0.15, -0.1) is 0 Å². The summed E-state index contributed by atoms with van der Waals surface area (Å²) < 4.78 is 0. The standard InChI is InChI=1S/C12H20N4S/c1-4-16(3)8-7-15-12-10(11(13)17)9(2)5-6-14-12/h5-6H,4,7-8H2,1-3H3,(H2,13,17)(H,14,15). The molecule has 0 saturated heterocycles. The van der Waals surface area contributed by atoms with Crippen LogP contribution in [-0.2, 0) is 0 Å². The van der Waals surface area contributed by atoms with Crippen LogP contribution in [0.5, 0.6) is 0 Å². The molecule has 0 fully saturated rings. The van der Waals surface area contributed by atoms with Crippen molar-refractivity contribution in [2.75, 3.05) is 32.0 Å². The van der Waals surface area contributed by atoms with Gasteiger partial charge in [-0.05, 0) is 32.1 Å². The Morgan fingerprint density at radius 2 is 2.29 bits per heavy atom. The van der Waals surface area contributed by atoms with E-state index < -0.39 is 0 Å². The molecule has 94 valence electrons. The lowest BCUT2D eigenvalue weighted by Crippen LogP contribution is -2.26. The first kappa shape index (κ1) is 13.9. The number of aromatic nitrogens is 1. The van der Waals surface area contributed by atoms with Crippen LogP contribution in [0.4, 0.5) is 5.82 Å². The molecule has 3 N–H and O–H groups in total. The average molecular weight is 252 g/mol. The van der Waals surface area contributed by atoms with E-state index in [2.05, 4.69) is 29.2 Å². The van der Waals surface area contributed by atoms with E-state index in [1.54, 1.807) is 6.20 Å². The zero-order valence-corrected chi connectivity index (χ0v) is 11.5. The van der Waals surface area contributed by atoms with Gasteiger partial charge in [-0.2, -0.15) is 0 Å². The SMILES string of the molecule is CCN(C)CCNc1nccc(C)c1C(N)=S. The molecule has 1 rings (SSSR count). The maximum atomic E-state index is 5.71. The first-order chi connectivity index (χ1) is 8.06. The monoisotopic (exact) mass is 252 g/mol. The molecule has 0 saturated carbocycles. The van der Waals surface area contributed by atoms with Crippen LogP contribution in [-0.4, -0.2) is 41.6 Å². The van der Waals surface area contributed by atoms with E-state index in [9.17, 15) is 0 Å². The van der Waals surface area contributed by atoms with Gasteiger partial charge in [0.2, 0.25) is 0 Å². The Kier molecular flexibility index (Phi) is 5.31.